The van der Waals surface area contributed by atoms with Crippen LogP contribution in [0.2, 0.25) is 5.02 Å². The molecule has 1 fully saturated rings. The zero-order valence-electron chi connectivity index (χ0n) is 9.05. The molecule has 0 spiro atoms. The molecule has 0 heterocycles. The first-order chi connectivity index (χ1) is 6.88. The first-order valence-corrected chi connectivity index (χ1v) is 5.53. The highest BCUT2D eigenvalue weighted by Crippen LogP contribution is 2.57. The molecule has 1 saturated carbocycles. The molecule has 0 amide bonds. The van der Waals surface area contributed by atoms with Gasteiger partial charge in [-0.15, -0.1) is 0 Å². The van der Waals surface area contributed by atoms with E-state index in [0.717, 1.165) is 18.4 Å². The van der Waals surface area contributed by atoms with Crippen LogP contribution in [0.1, 0.15) is 32.3 Å². The minimum atomic E-state index is -0.324. The molecule has 0 bridgehead atoms. The zero-order valence-corrected chi connectivity index (χ0v) is 9.80. The number of phenols is 1. The lowest BCUT2D eigenvalue weighted by Gasteiger charge is -2.31. The van der Waals surface area contributed by atoms with Gasteiger partial charge in [0.25, 0.3) is 0 Å². The molecular weight excluding hydrogens is 210 g/mol. The molecular formula is C12H16ClNO. The Balaban J connectivity index is 2.51. The van der Waals surface area contributed by atoms with Crippen molar-refractivity contribution in [2.75, 3.05) is 0 Å². The molecule has 82 valence electrons. The second-order valence-electron chi connectivity index (χ2n) is 4.94. The SMILES string of the molecule is CC(C)(N)C1(c2cccc(Cl)c2O)CC1. The third kappa shape index (κ3) is 1.52. The number of phenolic OH excluding ortho intramolecular Hbond substituents is 1. The van der Waals surface area contributed by atoms with E-state index in [2.05, 4.69) is 0 Å². The van der Waals surface area contributed by atoms with E-state index in [9.17, 15) is 5.11 Å². The van der Waals surface area contributed by atoms with Crippen LogP contribution in [0.5, 0.6) is 5.75 Å². The van der Waals surface area contributed by atoms with Crippen LogP contribution >= 0.6 is 11.6 Å². The quantitative estimate of drug-likeness (QED) is 0.813. The Morgan fingerprint density at radius 2 is 2.00 bits per heavy atom. The van der Waals surface area contributed by atoms with Crippen molar-refractivity contribution in [3.63, 3.8) is 0 Å². The Hall–Kier alpha value is -0.730. The molecule has 2 nitrogen and oxygen atoms in total. The summed E-state index contributed by atoms with van der Waals surface area (Å²) in [5.41, 5.74) is 6.64. The second kappa shape index (κ2) is 3.13. The van der Waals surface area contributed by atoms with Crippen molar-refractivity contribution in [3.05, 3.63) is 28.8 Å². The Bertz CT molecular complexity index is 391. The van der Waals surface area contributed by atoms with Gasteiger partial charge in [-0.05, 0) is 32.8 Å². The van der Waals surface area contributed by atoms with Crippen LogP contribution in [-0.4, -0.2) is 10.6 Å². The molecule has 0 aromatic heterocycles. The minimum absolute atomic E-state index is 0.0953. The van der Waals surface area contributed by atoms with Crippen molar-refractivity contribution >= 4 is 11.6 Å². The first kappa shape index (κ1) is 10.8. The molecule has 0 unspecified atom stereocenters. The first-order valence-electron chi connectivity index (χ1n) is 5.15. The molecule has 1 aromatic rings. The predicted molar refractivity (Wildman–Crippen MR) is 62.3 cm³/mol. The number of nitrogens with two attached hydrogens (primary N) is 1. The van der Waals surface area contributed by atoms with Crippen LogP contribution in [0.25, 0.3) is 0 Å². The fourth-order valence-corrected chi connectivity index (χ4v) is 2.46. The molecule has 1 aliphatic rings. The third-order valence-electron chi connectivity index (χ3n) is 3.49. The summed E-state index contributed by atoms with van der Waals surface area (Å²) >= 11 is 5.91. The van der Waals surface area contributed by atoms with Gasteiger partial charge >= 0.3 is 0 Å². The van der Waals surface area contributed by atoms with E-state index in [1.165, 1.54) is 0 Å². The van der Waals surface area contributed by atoms with Gasteiger partial charge in [0.05, 0.1) is 5.02 Å². The number of halogens is 1. The van der Waals surface area contributed by atoms with Gasteiger partial charge in [-0.2, -0.15) is 0 Å². The van der Waals surface area contributed by atoms with Crippen molar-refractivity contribution in [2.24, 2.45) is 5.73 Å². The lowest BCUT2D eigenvalue weighted by Crippen LogP contribution is -2.45. The van der Waals surface area contributed by atoms with E-state index >= 15 is 0 Å². The summed E-state index contributed by atoms with van der Waals surface area (Å²) in [4.78, 5) is 0. The van der Waals surface area contributed by atoms with Crippen molar-refractivity contribution in [2.45, 2.75) is 37.6 Å². The highest BCUT2D eigenvalue weighted by molar-refractivity contribution is 6.32. The number of hydrogen-bond acceptors (Lipinski definition) is 2. The van der Waals surface area contributed by atoms with Crippen LogP contribution in [0.3, 0.4) is 0 Å². The molecule has 3 N–H and O–H groups in total. The van der Waals surface area contributed by atoms with Gasteiger partial charge in [0.1, 0.15) is 5.75 Å². The number of aromatic hydroxyl groups is 1. The standard InChI is InChI=1S/C12H16ClNO/c1-11(2,14)12(6-7-12)8-4-3-5-9(13)10(8)15/h3-5,15H,6-7,14H2,1-2H3. The van der Waals surface area contributed by atoms with E-state index in [1.807, 2.05) is 26.0 Å². The molecule has 1 aromatic carbocycles. The number of benzene rings is 1. The molecule has 15 heavy (non-hydrogen) atoms. The summed E-state index contributed by atoms with van der Waals surface area (Å²) in [7, 11) is 0. The van der Waals surface area contributed by atoms with E-state index < -0.39 is 0 Å². The average Bonchev–Trinajstić information content (AvgIpc) is 2.89. The number of para-hydroxylation sites is 1. The van der Waals surface area contributed by atoms with Crippen molar-refractivity contribution in [1.82, 2.24) is 0 Å². The minimum Gasteiger partial charge on any atom is -0.506 e. The van der Waals surface area contributed by atoms with E-state index in [0.29, 0.717) is 5.02 Å². The lowest BCUT2D eigenvalue weighted by atomic mass is 9.79. The summed E-state index contributed by atoms with van der Waals surface area (Å²) in [5.74, 6) is 0.190. The van der Waals surface area contributed by atoms with Crippen LogP contribution < -0.4 is 5.73 Å². The summed E-state index contributed by atoms with van der Waals surface area (Å²) in [6.45, 7) is 4.00. The highest BCUT2D eigenvalue weighted by Gasteiger charge is 2.55. The van der Waals surface area contributed by atoms with Crippen LogP contribution in [0, 0.1) is 0 Å². The maximum Gasteiger partial charge on any atom is 0.137 e. The highest BCUT2D eigenvalue weighted by atomic mass is 35.5. The Labute approximate surface area is 95.1 Å². The molecule has 0 radical (unpaired) electrons. The van der Waals surface area contributed by atoms with Gasteiger partial charge in [-0.25, -0.2) is 0 Å². The van der Waals surface area contributed by atoms with Crippen LogP contribution in [0.15, 0.2) is 18.2 Å². The Kier molecular flexibility index (Phi) is 2.25. The Morgan fingerprint density at radius 3 is 2.47 bits per heavy atom. The van der Waals surface area contributed by atoms with Gasteiger partial charge in [0, 0.05) is 16.5 Å². The molecule has 0 saturated heterocycles. The summed E-state index contributed by atoms with van der Waals surface area (Å²) in [5, 5.41) is 10.4. The summed E-state index contributed by atoms with van der Waals surface area (Å²) in [6.07, 6.45) is 2.04. The predicted octanol–water partition coefficient (Wildman–Crippen LogP) is 2.81. The fraction of sp³-hybridized carbons (Fsp3) is 0.500. The molecule has 2 rings (SSSR count). The smallest absolute Gasteiger partial charge is 0.137 e. The van der Waals surface area contributed by atoms with Crippen molar-refractivity contribution in [3.8, 4) is 5.75 Å². The van der Waals surface area contributed by atoms with Crippen LogP contribution in [0.4, 0.5) is 0 Å². The fourth-order valence-electron chi connectivity index (χ4n) is 2.29. The van der Waals surface area contributed by atoms with Gasteiger partial charge in [-0.3, -0.25) is 0 Å². The molecule has 0 atom stereocenters. The topological polar surface area (TPSA) is 46.2 Å². The molecule has 1 aliphatic carbocycles. The largest absolute Gasteiger partial charge is 0.506 e. The maximum absolute atomic E-state index is 9.95. The normalized spacial score (nSPS) is 18.9. The summed E-state index contributed by atoms with van der Waals surface area (Å²) < 4.78 is 0. The van der Waals surface area contributed by atoms with Gasteiger partial charge in [0.2, 0.25) is 0 Å². The third-order valence-corrected chi connectivity index (χ3v) is 3.79. The monoisotopic (exact) mass is 225 g/mol. The van der Waals surface area contributed by atoms with Crippen LogP contribution in [-0.2, 0) is 5.41 Å². The Morgan fingerprint density at radius 1 is 1.40 bits per heavy atom. The molecule has 0 aliphatic heterocycles. The van der Waals surface area contributed by atoms with Gasteiger partial charge in [-0.1, -0.05) is 23.7 Å². The average molecular weight is 226 g/mol. The van der Waals surface area contributed by atoms with Gasteiger partial charge < -0.3 is 10.8 Å². The van der Waals surface area contributed by atoms with Crippen molar-refractivity contribution < 1.29 is 5.11 Å². The van der Waals surface area contributed by atoms with E-state index in [4.69, 9.17) is 17.3 Å². The molecule has 3 heteroatoms. The second-order valence-corrected chi connectivity index (χ2v) is 5.35. The van der Waals surface area contributed by atoms with E-state index in [1.54, 1.807) is 6.07 Å². The number of hydrogen-bond donors (Lipinski definition) is 2. The summed E-state index contributed by atoms with van der Waals surface area (Å²) in [6, 6.07) is 5.48. The zero-order chi connectivity index (χ0) is 11.3. The maximum atomic E-state index is 9.95. The van der Waals surface area contributed by atoms with Gasteiger partial charge in [0.15, 0.2) is 0 Å². The van der Waals surface area contributed by atoms with Crippen molar-refractivity contribution in [1.29, 1.82) is 0 Å². The van der Waals surface area contributed by atoms with E-state index in [-0.39, 0.29) is 16.7 Å². The number of rotatable bonds is 2. The lowest BCUT2D eigenvalue weighted by molar-refractivity contribution is 0.372.